The Morgan fingerprint density at radius 2 is 1.97 bits per heavy atom. The molecule has 4 rings (SSSR count). The summed E-state index contributed by atoms with van der Waals surface area (Å²) in [6.07, 6.45) is 6.21. The van der Waals surface area contributed by atoms with Gasteiger partial charge in [0.15, 0.2) is 0 Å². The number of rotatable bonds is 6. The molecule has 0 radical (unpaired) electrons. The van der Waals surface area contributed by atoms with Crippen LogP contribution >= 0.6 is 0 Å². The van der Waals surface area contributed by atoms with E-state index in [2.05, 4.69) is 11.4 Å². The molecule has 0 aliphatic heterocycles. The third-order valence-corrected chi connectivity index (χ3v) is 7.15. The summed E-state index contributed by atoms with van der Waals surface area (Å²) in [5, 5.41) is 22.1. The fourth-order valence-electron chi connectivity index (χ4n) is 5.65. The molecular weight excluding hydrogens is 414 g/mol. The number of nitrogens with one attached hydrogen (secondary N) is 1. The van der Waals surface area contributed by atoms with Crippen molar-refractivity contribution in [2.24, 2.45) is 11.8 Å². The van der Waals surface area contributed by atoms with Crippen molar-refractivity contribution in [1.29, 1.82) is 5.26 Å². The van der Waals surface area contributed by atoms with E-state index in [1.807, 2.05) is 24.3 Å². The Balaban J connectivity index is 1.39. The van der Waals surface area contributed by atoms with E-state index in [4.69, 9.17) is 5.26 Å². The number of aliphatic hydroxyl groups is 1. The van der Waals surface area contributed by atoms with Crippen LogP contribution in [0.5, 0.6) is 0 Å². The Morgan fingerprint density at radius 1 is 1.18 bits per heavy atom. The van der Waals surface area contributed by atoms with Crippen LogP contribution < -0.4 is 5.32 Å². The van der Waals surface area contributed by atoms with Crippen LogP contribution in [0.4, 0.5) is 0 Å². The van der Waals surface area contributed by atoms with E-state index < -0.39 is 0 Å². The minimum atomic E-state index is -0.199. The number of amides is 2. The maximum atomic E-state index is 13.0. The highest BCUT2D eigenvalue weighted by Gasteiger charge is 2.43. The summed E-state index contributed by atoms with van der Waals surface area (Å²) in [5.41, 5.74) is 2.27. The first kappa shape index (κ1) is 23.0. The predicted octanol–water partition coefficient (Wildman–Crippen LogP) is 3.89. The molecule has 0 heterocycles. The van der Waals surface area contributed by atoms with Crippen molar-refractivity contribution >= 4 is 11.8 Å². The lowest BCUT2D eigenvalue weighted by Crippen LogP contribution is -2.55. The van der Waals surface area contributed by atoms with Gasteiger partial charge in [0.1, 0.15) is 0 Å². The minimum absolute atomic E-state index is 0.0708. The van der Waals surface area contributed by atoms with Crippen molar-refractivity contribution in [1.82, 2.24) is 10.2 Å². The topological polar surface area (TPSA) is 93.4 Å². The van der Waals surface area contributed by atoms with Gasteiger partial charge < -0.3 is 15.3 Å². The number of benzene rings is 2. The molecule has 2 N–H and O–H groups in total. The molecule has 2 aliphatic carbocycles. The van der Waals surface area contributed by atoms with Gasteiger partial charge in [-0.3, -0.25) is 9.59 Å². The monoisotopic (exact) mass is 445 g/mol. The van der Waals surface area contributed by atoms with E-state index in [0.29, 0.717) is 29.2 Å². The number of hydrogen-bond donors (Lipinski definition) is 2. The Hall–Kier alpha value is -3.17. The molecule has 2 aromatic rings. The third-order valence-electron chi connectivity index (χ3n) is 7.15. The number of nitriles is 1. The fraction of sp³-hybridized carbons (Fsp3) is 0.444. The van der Waals surface area contributed by atoms with Gasteiger partial charge in [-0.05, 0) is 73.4 Å². The summed E-state index contributed by atoms with van der Waals surface area (Å²) >= 11 is 0. The average molecular weight is 446 g/mol. The highest BCUT2D eigenvalue weighted by Crippen LogP contribution is 2.45. The molecule has 0 aromatic heterocycles. The lowest BCUT2D eigenvalue weighted by Gasteiger charge is -2.48. The van der Waals surface area contributed by atoms with Gasteiger partial charge in [0, 0.05) is 36.9 Å². The number of hydrogen-bond acceptors (Lipinski definition) is 4. The molecule has 6 heteroatoms. The maximum absolute atomic E-state index is 13.0. The average Bonchev–Trinajstić information content (AvgIpc) is 2.83. The molecule has 3 atom stereocenters. The van der Waals surface area contributed by atoms with Gasteiger partial charge in [0.2, 0.25) is 0 Å². The first-order valence-corrected chi connectivity index (χ1v) is 11.7. The second-order valence-electron chi connectivity index (χ2n) is 9.74. The second-order valence-corrected chi connectivity index (χ2v) is 9.74. The molecule has 2 saturated carbocycles. The van der Waals surface area contributed by atoms with Crippen LogP contribution in [-0.2, 0) is 6.54 Å². The molecule has 2 amide bonds. The first-order chi connectivity index (χ1) is 15.9. The van der Waals surface area contributed by atoms with Gasteiger partial charge in [-0.2, -0.15) is 5.26 Å². The molecular formula is C27H31N3O3. The molecule has 0 saturated heterocycles. The van der Waals surface area contributed by atoms with Crippen molar-refractivity contribution in [2.45, 2.75) is 50.6 Å². The van der Waals surface area contributed by atoms with Gasteiger partial charge in [-0.25, -0.2) is 0 Å². The van der Waals surface area contributed by atoms with Crippen LogP contribution in [0.25, 0.3) is 0 Å². The van der Waals surface area contributed by atoms with Gasteiger partial charge in [0.25, 0.3) is 11.8 Å². The van der Waals surface area contributed by atoms with E-state index in [-0.39, 0.29) is 29.9 Å². The van der Waals surface area contributed by atoms with E-state index in [9.17, 15) is 14.7 Å². The Morgan fingerprint density at radius 3 is 2.70 bits per heavy atom. The number of nitrogens with zero attached hydrogens (tertiary/aromatic N) is 2. The quantitative estimate of drug-likeness (QED) is 0.705. The van der Waals surface area contributed by atoms with Crippen molar-refractivity contribution in [3.8, 4) is 6.07 Å². The molecule has 0 spiro atoms. The van der Waals surface area contributed by atoms with E-state index in [1.54, 1.807) is 36.2 Å². The Bertz CT molecular complexity index is 1060. The lowest BCUT2D eigenvalue weighted by atomic mass is 9.63. The zero-order valence-electron chi connectivity index (χ0n) is 19.1. The number of fused-ring (bicyclic) bond motifs is 2. The summed E-state index contributed by atoms with van der Waals surface area (Å²) in [6, 6.07) is 16.1. The SMILES string of the molecule is CN(Cc1ccc(C(=O)NC23CCCC(CC(CO)C2)C3)cc1)C(=O)c1cccc(C#N)c1. The summed E-state index contributed by atoms with van der Waals surface area (Å²) in [6.45, 7) is 0.594. The molecule has 6 nitrogen and oxygen atoms in total. The van der Waals surface area contributed by atoms with Gasteiger partial charge >= 0.3 is 0 Å². The van der Waals surface area contributed by atoms with Gasteiger partial charge in [-0.1, -0.05) is 31.0 Å². The highest BCUT2D eigenvalue weighted by molar-refractivity contribution is 5.95. The molecule has 2 aliphatic rings. The Labute approximate surface area is 195 Å². The standard InChI is InChI=1S/C27H31N3O3/c1-30(26(33)24-6-2-4-21(13-24)16-28)17-19-7-9-23(10-8-19)25(32)29-27-11-3-5-20(14-27)12-22(15-27)18-31/h2,4,6-10,13,20,22,31H,3,5,11-12,14-15,17-18H2,1H3,(H,29,32). The van der Waals surface area contributed by atoms with Crippen molar-refractivity contribution in [3.05, 3.63) is 70.8 Å². The van der Waals surface area contributed by atoms with E-state index in [0.717, 1.165) is 37.7 Å². The van der Waals surface area contributed by atoms with Crippen LogP contribution in [0.1, 0.15) is 70.4 Å². The normalized spacial score (nSPS) is 23.9. The van der Waals surface area contributed by atoms with Gasteiger partial charge in [-0.15, -0.1) is 0 Å². The van der Waals surface area contributed by atoms with Crippen LogP contribution in [0.15, 0.2) is 48.5 Å². The molecule has 2 fully saturated rings. The largest absolute Gasteiger partial charge is 0.396 e. The predicted molar refractivity (Wildman–Crippen MR) is 125 cm³/mol. The van der Waals surface area contributed by atoms with Crippen LogP contribution in [0.3, 0.4) is 0 Å². The van der Waals surface area contributed by atoms with Gasteiger partial charge in [0.05, 0.1) is 11.6 Å². The molecule has 33 heavy (non-hydrogen) atoms. The summed E-state index contributed by atoms with van der Waals surface area (Å²) in [4.78, 5) is 27.3. The molecule has 3 unspecified atom stereocenters. The van der Waals surface area contributed by atoms with Crippen molar-refractivity contribution in [3.63, 3.8) is 0 Å². The minimum Gasteiger partial charge on any atom is -0.396 e. The highest BCUT2D eigenvalue weighted by atomic mass is 16.3. The molecule has 2 bridgehead atoms. The maximum Gasteiger partial charge on any atom is 0.253 e. The van der Waals surface area contributed by atoms with Crippen LogP contribution in [-0.4, -0.2) is 41.0 Å². The number of carbonyl (C=O) groups excluding carboxylic acids is 2. The second kappa shape index (κ2) is 9.76. The smallest absolute Gasteiger partial charge is 0.253 e. The van der Waals surface area contributed by atoms with Crippen molar-refractivity contribution < 1.29 is 14.7 Å². The van der Waals surface area contributed by atoms with E-state index in [1.165, 1.54) is 6.42 Å². The number of carbonyl (C=O) groups is 2. The van der Waals surface area contributed by atoms with E-state index >= 15 is 0 Å². The fourth-order valence-corrected chi connectivity index (χ4v) is 5.65. The first-order valence-electron chi connectivity index (χ1n) is 11.7. The number of aliphatic hydroxyl groups excluding tert-OH is 1. The summed E-state index contributed by atoms with van der Waals surface area (Å²) < 4.78 is 0. The van der Waals surface area contributed by atoms with Crippen LogP contribution in [0, 0.1) is 23.2 Å². The Kier molecular flexibility index (Phi) is 6.80. The summed E-state index contributed by atoms with van der Waals surface area (Å²) in [5.74, 6) is 0.636. The molecule has 2 aromatic carbocycles. The lowest BCUT2D eigenvalue weighted by molar-refractivity contribution is 0.0443. The van der Waals surface area contributed by atoms with Crippen molar-refractivity contribution in [2.75, 3.05) is 13.7 Å². The zero-order valence-corrected chi connectivity index (χ0v) is 19.1. The van der Waals surface area contributed by atoms with Crippen LogP contribution in [0.2, 0.25) is 0 Å². The third kappa shape index (κ3) is 5.26. The summed E-state index contributed by atoms with van der Waals surface area (Å²) in [7, 11) is 1.72. The zero-order chi connectivity index (χ0) is 23.4. The molecule has 172 valence electrons.